The molecule has 144 valence electrons. The minimum absolute atomic E-state index is 0.00861. The second kappa shape index (κ2) is 8.90. The van der Waals surface area contributed by atoms with Crippen molar-refractivity contribution in [1.29, 1.82) is 0 Å². The highest BCUT2D eigenvalue weighted by atomic mass is 32.2. The Morgan fingerprint density at radius 1 is 1.38 bits per heavy atom. The van der Waals surface area contributed by atoms with Crippen LogP contribution < -0.4 is 10.6 Å². The third-order valence-electron chi connectivity index (χ3n) is 5.31. The average molecular weight is 380 g/mol. The first kappa shape index (κ1) is 19.2. The number of imidazole rings is 1. The van der Waals surface area contributed by atoms with E-state index in [1.165, 1.54) is 0 Å². The zero-order chi connectivity index (χ0) is 18.5. The summed E-state index contributed by atoms with van der Waals surface area (Å²) in [6, 6.07) is -0.105. The summed E-state index contributed by atoms with van der Waals surface area (Å²) in [5, 5.41) is 7.63. The molecule has 3 rings (SSSR count). The zero-order valence-electron chi connectivity index (χ0n) is 15.6. The van der Waals surface area contributed by atoms with E-state index >= 15 is 0 Å². The summed E-state index contributed by atoms with van der Waals surface area (Å²) in [6.45, 7) is 4.31. The van der Waals surface area contributed by atoms with E-state index in [-0.39, 0.29) is 30.3 Å². The Balaban J connectivity index is 1.43. The minimum atomic E-state index is -0.330. The summed E-state index contributed by atoms with van der Waals surface area (Å²) < 4.78 is 2.05. The normalized spacial score (nSPS) is 27.2. The molecule has 2 heterocycles. The molecule has 1 saturated heterocycles. The van der Waals surface area contributed by atoms with Crippen molar-refractivity contribution in [1.82, 2.24) is 25.1 Å². The molecule has 2 fully saturated rings. The molecule has 1 aromatic heterocycles. The molecule has 0 bridgehead atoms. The van der Waals surface area contributed by atoms with Gasteiger partial charge in [-0.15, -0.1) is 0 Å². The van der Waals surface area contributed by atoms with Crippen molar-refractivity contribution < 1.29 is 9.59 Å². The zero-order valence-corrected chi connectivity index (χ0v) is 16.4. The Kier molecular flexibility index (Phi) is 6.58. The molecule has 0 radical (unpaired) electrons. The van der Waals surface area contributed by atoms with Gasteiger partial charge < -0.3 is 15.2 Å². The van der Waals surface area contributed by atoms with E-state index in [1.807, 2.05) is 42.7 Å². The number of thioether (sulfide) groups is 1. The molecule has 1 unspecified atom stereocenters. The van der Waals surface area contributed by atoms with Crippen LogP contribution in [-0.2, 0) is 16.6 Å². The molecule has 0 aromatic carbocycles. The van der Waals surface area contributed by atoms with Crippen LogP contribution in [0.2, 0.25) is 0 Å². The number of hydrogen-bond donors (Lipinski definition) is 2. The Bertz CT molecular complexity index is 627. The molecule has 2 amide bonds. The standard InChI is InChI=1S/C18H29N5O2S/c1-3-23-11-9-19-17(25)15(23)12-16(24)21-13-4-6-14(7-5-13)26-18-20-8-10-22(18)2/h8,10,13-15H,3-7,9,11-12H2,1-2H3,(H,19,25)(H,21,24). The van der Waals surface area contributed by atoms with E-state index < -0.39 is 0 Å². The number of piperazine rings is 1. The first-order chi connectivity index (χ1) is 12.6. The lowest BCUT2D eigenvalue weighted by Gasteiger charge is -2.34. The molecule has 1 saturated carbocycles. The Hall–Kier alpha value is -1.54. The summed E-state index contributed by atoms with van der Waals surface area (Å²) in [6.07, 6.45) is 8.18. The minimum Gasteiger partial charge on any atom is -0.353 e. The predicted molar refractivity (Wildman–Crippen MR) is 102 cm³/mol. The fourth-order valence-corrected chi connectivity index (χ4v) is 4.92. The van der Waals surface area contributed by atoms with Crippen molar-refractivity contribution in [2.75, 3.05) is 19.6 Å². The number of hydrogen-bond acceptors (Lipinski definition) is 5. The van der Waals surface area contributed by atoms with Crippen LogP contribution in [0.1, 0.15) is 39.0 Å². The SMILES string of the molecule is CCN1CCNC(=O)C1CC(=O)NC1CCC(Sc2nccn2C)CC1. The third-order valence-corrected chi connectivity index (χ3v) is 6.72. The average Bonchev–Trinajstić information content (AvgIpc) is 3.03. The molecule has 1 atom stereocenters. The van der Waals surface area contributed by atoms with Gasteiger partial charge in [-0.25, -0.2) is 4.98 Å². The van der Waals surface area contributed by atoms with Gasteiger partial charge in [-0.3, -0.25) is 14.5 Å². The van der Waals surface area contributed by atoms with Crippen LogP contribution in [0.15, 0.2) is 17.6 Å². The molecule has 0 spiro atoms. The molecule has 26 heavy (non-hydrogen) atoms. The quantitative estimate of drug-likeness (QED) is 0.775. The Morgan fingerprint density at radius 3 is 2.81 bits per heavy atom. The second-order valence-electron chi connectivity index (χ2n) is 7.12. The first-order valence-corrected chi connectivity index (χ1v) is 10.4. The number of rotatable bonds is 6. The lowest BCUT2D eigenvalue weighted by atomic mass is 9.94. The van der Waals surface area contributed by atoms with Crippen molar-refractivity contribution in [2.24, 2.45) is 7.05 Å². The van der Waals surface area contributed by atoms with Gasteiger partial charge in [0.05, 0.1) is 12.5 Å². The van der Waals surface area contributed by atoms with Crippen LogP contribution in [0.5, 0.6) is 0 Å². The van der Waals surface area contributed by atoms with E-state index in [1.54, 1.807) is 0 Å². The van der Waals surface area contributed by atoms with Gasteiger partial charge in [0, 0.05) is 43.8 Å². The van der Waals surface area contributed by atoms with Gasteiger partial charge in [-0.05, 0) is 32.2 Å². The van der Waals surface area contributed by atoms with Crippen LogP contribution in [0.4, 0.5) is 0 Å². The smallest absolute Gasteiger partial charge is 0.237 e. The highest BCUT2D eigenvalue weighted by Gasteiger charge is 2.31. The van der Waals surface area contributed by atoms with Crippen LogP contribution >= 0.6 is 11.8 Å². The molecular weight excluding hydrogens is 350 g/mol. The number of aromatic nitrogens is 2. The van der Waals surface area contributed by atoms with Gasteiger partial charge in [0.1, 0.15) is 0 Å². The van der Waals surface area contributed by atoms with Crippen molar-refractivity contribution in [2.45, 2.75) is 61.5 Å². The number of nitrogens with one attached hydrogen (secondary N) is 2. The Morgan fingerprint density at radius 2 is 2.15 bits per heavy atom. The van der Waals surface area contributed by atoms with E-state index in [4.69, 9.17) is 0 Å². The number of carbonyl (C=O) groups is 2. The maximum absolute atomic E-state index is 12.4. The number of aryl methyl sites for hydroxylation is 1. The summed E-state index contributed by atoms with van der Waals surface area (Å²) >= 11 is 1.83. The van der Waals surface area contributed by atoms with Crippen molar-refractivity contribution in [3.63, 3.8) is 0 Å². The van der Waals surface area contributed by atoms with Gasteiger partial charge in [0.25, 0.3) is 0 Å². The summed E-state index contributed by atoms with van der Waals surface area (Å²) in [7, 11) is 2.02. The summed E-state index contributed by atoms with van der Waals surface area (Å²) in [5.41, 5.74) is 0. The number of carbonyl (C=O) groups excluding carboxylic acids is 2. The van der Waals surface area contributed by atoms with Crippen molar-refractivity contribution in [3.05, 3.63) is 12.4 Å². The van der Waals surface area contributed by atoms with E-state index in [0.29, 0.717) is 11.8 Å². The molecule has 7 nitrogen and oxygen atoms in total. The first-order valence-electron chi connectivity index (χ1n) is 9.52. The van der Waals surface area contributed by atoms with Crippen LogP contribution in [0, 0.1) is 0 Å². The fraction of sp³-hybridized carbons (Fsp3) is 0.722. The maximum atomic E-state index is 12.4. The molecular formula is C18H29N5O2S. The molecule has 1 aromatic rings. The lowest BCUT2D eigenvalue weighted by molar-refractivity contribution is -0.134. The van der Waals surface area contributed by atoms with Crippen LogP contribution in [0.25, 0.3) is 0 Å². The van der Waals surface area contributed by atoms with Gasteiger partial charge >= 0.3 is 0 Å². The largest absolute Gasteiger partial charge is 0.353 e. The van der Waals surface area contributed by atoms with Crippen LogP contribution in [-0.4, -0.2) is 63.2 Å². The van der Waals surface area contributed by atoms with E-state index in [0.717, 1.165) is 43.9 Å². The number of amides is 2. The molecule has 2 N–H and O–H groups in total. The molecule has 2 aliphatic rings. The Labute approximate surface area is 159 Å². The van der Waals surface area contributed by atoms with Gasteiger partial charge in [0.2, 0.25) is 11.8 Å². The lowest BCUT2D eigenvalue weighted by Crippen LogP contribution is -2.56. The highest BCUT2D eigenvalue weighted by molar-refractivity contribution is 7.99. The van der Waals surface area contributed by atoms with Gasteiger partial charge in [-0.2, -0.15) is 0 Å². The summed E-state index contributed by atoms with van der Waals surface area (Å²) in [5.74, 6) is -0.0332. The van der Waals surface area contributed by atoms with Gasteiger partial charge in [0.15, 0.2) is 5.16 Å². The van der Waals surface area contributed by atoms with Gasteiger partial charge in [-0.1, -0.05) is 18.7 Å². The van der Waals surface area contributed by atoms with E-state index in [9.17, 15) is 9.59 Å². The van der Waals surface area contributed by atoms with Crippen LogP contribution in [0.3, 0.4) is 0 Å². The molecule has 1 aliphatic carbocycles. The van der Waals surface area contributed by atoms with E-state index in [2.05, 4.69) is 20.5 Å². The highest BCUT2D eigenvalue weighted by Crippen LogP contribution is 2.32. The van der Waals surface area contributed by atoms with Crippen molar-refractivity contribution in [3.8, 4) is 0 Å². The monoisotopic (exact) mass is 379 g/mol. The second-order valence-corrected chi connectivity index (χ2v) is 8.39. The molecule has 1 aliphatic heterocycles. The number of likely N-dealkylation sites (N-methyl/N-ethyl adjacent to an activating group) is 1. The van der Waals surface area contributed by atoms with Crippen molar-refractivity contribution >= 4 is 23.6 Å². The number of nitrogens with zero attached hydrogens (tertiary/aromatic N) is 3. The fourth-order valence-electron chi connectivity index (χ4n) is 3.76. The predicted octanol–water partition coefficient (Wildman–Crippen LogP) is 1.15. The summed E-state index contributed by atoms with van der Waals surface area (Å²) in [4.78, 5) is 31.0. The molecule has 8 heteroatoms. The topological polar surface area (TPSA) is 79.3 Å². The third kappa shape index (κ3) is 4.79. The maximum Gasteiger partial charge on any atom is 0.237 e.